The Bertz CT molecular complexity index is 176. The minimum Gasteiger partial charge on any atom is -0.389 e. The predicted octanol–water partition coefficient (Wildman–Crippen LogP) is 4.00. The largest absolute Gasteiger partial charge is 0.389 e. The van der Waals surface area contributed by atoms with Gasteiger partial charge in [0.15, 0.2) is 0 Å². The maximum absolute atomic E-state index is 10.9. The fourth-order valence-electron chi connectivity index (χ4n) is 2.38. The molecule has 0 amide bonds. The molecule has 0 radical (unpaired) electrons. The molecule has 14 heavy (non-hydrogen) atoms. The topological polar surface area (TPSA) is 20.2 Å². The van der Waals surface area contributed by atoms with Crippen LogP contribution in [0.5, 0.6) is 0 Å². The van der Waals surface area contributed by atoms with E-state index in [-0.39, 0.29) is 10.8 Å². The standard InChI is InChI=1S/C13H28O/c1-8-10-13(14,11(3,4)5)12(6,7)9-2/h14H,8-10H2,1-7H3. The molecule has 86 valence electrons. The molecule has 0 aliphatic carbocycles. The van der Waals surface area contributed by atoms with Gasteiger partial charge in [-0.2, -0.15) is 0 Å². The summed E-state index contributed by atoms with van der Waals surface area (Å²) in [5.74, 6) is 0. The molecule has 1 heteroatoms. The highest BCUT2D eigenvalue weighted by Crippen LogP contribution is 2.48. The average molecular weight is 200 g/mol. The van der Waals surface area contributed by atoms with Gasteiger partial charge in [-0.1, -0.05) is 54.9 Å². The molecule has 1 nitrogen and oxygen atoms in total. The number of hydrogen-bond donors (Lipinski definition) is 1. The summed E-state index contributed by atoms with van der Waals surface area (Å²) in [5, 5.41) is 10.9. The van der Waals surface area contributed by atoms with E-state index in [2.05, 4.69) is 48.5 Å². The highest BCUT2D eigenvalue weighted by Gasteiger charge is 2.49. The highest BCUT2D eigenvalue weighted by molar-refractivity contribution is 5.00. The molecule has 0 bridgehead atoms. The van der Waals surface area contributed by atoms with Crippen molar-refractivity contribution in [2.45, 2.75) is 73.3 Å². The van der Waals surface area contributed by atoms with Crippen molar-refractivity contribution in [2.24, 2.45) is 10.8 Å². The summed E-state index contributed by atoms with van der Waals surface area (Å²) < 4.78 is 0. The first kappa shape index (κ1) is 14.0. The zero-order valence-corrected chi connectivity index (χ0v) is 11.1. The van der Waals surface area contributed by atoms with E-state index in [4.69, 9.17) is 0 Å². The quantitative estimate of drug-likeness (QED) is 0.727. The second-order valence-corrected chi connectivity index (χ2v) is 6.10. The van der Waals surface area contributed by atoms with Gasteiger partial charge in [0.25, 0.3) is 0 Å². The van der Waals surface area contributed by atoms with Crippen LogP contribution in [-0.4, -0.2) is 10.7 Å². The van der Waals surface area contributed by atoms with Crippen LogP contribution in [0.15, 0.2) is 0 Å². The Morgan fingerprint density at radius 3 is 1.57 bits per heavy atom. The van der Waals surface area contributed by atoms with E-state index < -0.39 is 5.60 Å². The molecule has 1 atom stereocenters. The van der Waals surface area contributed by atoms with Crippen LogP contribution in [-0.2, 0) is 0 Å². The average Bonchev–Trinajstić information content (AvgIpc) is 2.02. The van der Waals surface area contributed by atoms with Crippen LogP contribution in [0.25, 0.3) is 0 Å². The SMILES string of the molecule is CCCC(O)(C(C)(C)C)C(C)(C)CC. The van der Waals surface area contributed by atoms with Crippen molar-refractivity contribution in [1.82, 2.24) is 0 Å². The summed E-state index contributed by atoms with van der Waals surface area (Å²) in [6.07, 6.45) is 2.94. The molecule has 0 saturated heterocycles. The van der Waals surface area contributed by atoms with Crippen LogP contribution in [0.3, 0.4) is 0 Å². The Kier molecular flexibility index (Phi) is 4.21. The first-order chi connectivity index (χ1) is 6.12. The molecular formula is C13H28O. The molecule has 0 heterocycles. The fraction of sp³-hybridized carbons (Fsp3) is 1.00. The van der Waals surface area contributed by atoms with Crippen molar-refractivity contribution in [1.29, 1.82) is 0 Å². The summed E-state index contributed by atoms with van der Waals surface area (Å²) in [6.45, 7) is 15.1. The third-order valence-corrected chi connectivity index (χ3v) is 3.86. The van der Waals surface area contributed by atoms with E-state index in [1.165, 1.54) is 0 Å². The van der Waals surface area contributed by atoms with Gasteiger partial charge in [-0.25, -0.2) is 0 Å². The van der Waals surface area contributed by atoms with Crippen LogP contribution < -0.4 is 0 Å². The van der Waals surface area contributed by atoms with Crippen LogP contribution >= 0.6 is 0 Å². The van der Waals surface area contributed by atoms with Gasteiger partial charge >= 0.3 is 0 Å². The second-order valence-electron chi connectivity index (χ2n) is 6.10. The highest BCUT2D eigenvalue weighted by atomic mass is 16.3. The van der Waals surface area contributed by atoms with Crippen molar-refractivity contribution >= 4 is 0 Å². The molecule has 0 aromatic rings. The molecule has 0 aromatic heterocycles. The zero-order chi connectivity index (χ0) is 11.6. The maximum atomic E-state index is 10.9. The smallest absolute Gasteiger partial charge is 0.0746 e. The lowest BCUT2D eigenvalue weighted by Gasteiger charge is -2.51. The van der Waals surface area contributed by atoms with Crippen molar-refractivity contribution in [3.05, 3.63) is 0 Å². The van der Waals surface area contributed by atoms with Crippen molar-refractivity contribution in [3.8, 4) is 0 Å². The normalized spacial score (nSPS) is 18.0. The van der Waals surface area contributed by atoms with Gasteiger partial charge in [0, 0.05) is 0 Å². The first-order valence-corrected chi connectivity index (χ1v) is 5.84. The summed E-state index contributed by atoms with van der Waals surface area (Å²) in [4.78, 5) is 0. The minimum absolute atomic E-state index is 0.0126. The van der Waals surface area contributed by atoms with Crippen LogP contribution in [0.1, 0.15) is 67.7 Å². The van der Waals surface area contributed by atoms with E-state index in [0.717, 1.165) is 19.3 Å². The van der Waals surface area contributed by atoms with E-state index in [0.29, 0.717) is 0 Å². The lowest BCUT2D eigenvalue weighted by molar-refractivity contribution is -0.150. The second kappa shape index (κ2) is 4.22. The fourth-order valence-corrected chi connectivity index (χ4v) is 2.38. The van der Waals surface area contributed by atoms with Gasteiger partial charge in [-0.15, -0.1) is 0 Å². The van der Waals surface area contributed by atoms with E-state index in [9.17, 15) is 5.11 Å². The van der Waals surface area contributed by atoms with Gasteiger partial charge in [0.2, 0.25) is 0 Å². The number of hydrogen-bond acceptors (Lipinski definition) is 1. The molecule has 1 N–H and O–H groups in total. The van der Waals surface area contributed by atoms with Crippen LogP contribution in [0, 0.1) is 10.8 Å². The van der Waals surface area contributed by atoms with Gasteiger partial charge in [0.05, 0.1) is 5.60 Å². The predicted molar refractivity (Wildman–Crippen MR) is 63.4 cm³/mol. The Labute approximate surface area is 89.9 Å². The summed E-state index contributed by atoms with van der Waals surface area (Å²) >= 11 is 0. The molecule has 1 unspecified atom stereocenters. The van der Waals surface area contributed by atoms with Gasteiger partial charge in [-0.05, 0) is 23.7 Å². The monoisotopic (exact) mass is 200 g/mol. The third-order valence-electron chi connectivity index (χ3n) is 3.86. The number of aliphatic hydroxyl groups is 1. The molecule has 0 aliphatic heterocycles. The summed E-state index contributed by atoms with van der Waals surface area (Å²) in [5.41, 5.74) is -0.632. The molecular weight excluding hydrogens is 172 g/mol. The third kappa shape index (κ3) is 2.31. The molecule has 0 saturated carbocycles. The van der Waals surface area contributed by atoms with Gasteiger partial charge in [0.1, 0.15) is 0 Å². The van der Waals surface area contributed by atoms with Crippen molar-refractivity contribution in [2.75, 3.05) is 0 Å². The van der Waals surface area contributed by atoms with E-state index in [1.807, 2.05) is 0 Å². The Morgan fingerprint density at radius 2 is 1.36 bits per heavy atom. The zero-order valence-electron chi connectivity index (χ0n) is 11.1. The lowest BCUT2D eigenvalue weighted by Crippen LogP contribution is -2.54. The van der Waals surface area contributed by atoms with Crippen LogP contribution in [0.4, 0.5) is 0 Å². The Balaban J connectivity index is 5.10. The summed E-state index contributed by atoms with van der Waals surface area (Å²) in [7, 11) is 0. The van der Waals surface area contributed by atoms with Gasteiger partial charge in [-0.3, -0.25) is 0 Å². The Morgan fingerprint density at radius 1 is 0.929 bits per heavy atom. The van der Waals surface area contributed by atoms with Gasteiger partial charge < -0.3 is 5.11 Å². The van der Waals surface area contributed by atoms with Crippen molar-refractivity contribution in [3.63, 3.8) is 0 Å². The van der Waals surface area contributed by atoms with E-state index in [1.54, 1.807) is 0 Å². The molecule has 0 spiro atoms. The molecule has 0 aromatic carbocycles. The van der Waals surface area contributed by atoms with E-state index >= 15 is 0 Å². The number of rotatable bonds is 4. The molecule has 0 fully saturated rings. The first-order valence-electron chi connectivity index (χ1n) is 5.84. The molecule has 0 rings (SSSR count). The van der Waals surface area contributed by atoms with Crippen LogP contribution in [0.2, 0.25) is 0 Å². The minimum atomic E-state index is -0.566. The van der Waals surface area contributed by atoms with Crippen molar-refractivity contribution < 1.29 is 5.11 Å². The lowest BCUT2D eigenvalue weighted by atomic mass is 9.59. The summed E-state index contributed by atoms with van der Waals surface area (Å²) in [6, 6.07) is 0. The Hall–Kier alpha value is -0.0400. The maximum Gasteiger partial charge on any atom is 0.0746 e. The molecule has 0 aliphatic rings.